The topological polar surface area (TPSA) is 128 Å². The van der Waals surface area contributed by atoms with Crippen LogP contribution in [-0.4, -0.2) is 59.9 Å². The number of rotatable bonds is 5. The van der Waals surface area contributed by atoms with Gasteiger partial charge in [-0.15, -0.1) is 0 Å². The largest absolute Gasteiger partial charge is 0.439 e. The number of aromatic amines is 1. The van der Waals surface area contributed by atoms with Gasteiger partial charge in [-0.2, -0.15) is 4.98 Å². The molecule has 0 spiro atoms. The minimum atomic E-state index is -0.668. The third-order valence-electron chi connectivity index (χ3n) is 8.78. The van der Waals surface area contributed by atoms with Crippen LogP contribution in [0.4, 0.5) is 5.95 Å². The van der Waals surface area contributed by atoms with Crippen LogP contribution in [0.1, 0.15) is 58.3 Å². The lowest BCUT2D eigenvalue weighted by molar-refractivity contribution is -0.00958. The van der Waals surface area contributed by atoms with Crippen molar-refractivity contribution < 1.29 is 9.26 Å². The molecular weight excluding hydrogens is 532 g/mol. The van der Waals surface area contributed by atoms with Crippen molar-refractivity contribution in [1.82, 2.24) is 34.6 Å². The van der Waals surface area contributed by atoms with Gasteiger partial charge < -0.3 is 14.2 Å². The molecule has 1 aliphatic heterocycles. The minimum absolute atomic E-state index is 0.152. The first kappa shape index (κ1) is 25.6. The van der Waals surface area contributed by atoms with Gasteiger partial charge in [0, 0.05) is 31.0 Å². The van der Waals surface area contributed by atoms with E-state index in [9.17, 15) is 4.79 Å². The Hall–Kier alpha value is -3.31. The van der Waals surface area contributed by atoms with E-state index < -0.39 is 5.76 Å². The predicted molar refractivity (Wildman–Crippen MR) is 150 cm³/mol. The fourth-order valence-corrected chi connectivity index (χ4v) is 6.88. The highest BCUT2D eigenvalue weighted by atomic mass is 35.5. The standard InChI is InChI=1S/C28H33ClN8O3/c1-16-6-8-17(9-7-16)15-37-23-22(18-12-19(29)14-30-13-18)31-25(26-34-28(38)40-35-26)32-24(23)33-27(37)36-10-11-39-21-5-3-2-4-20(21)36/h12-14,16-17,20-21H,2-11,15H2,1H3,(H,34,35,38)/t16-,17-,20?,21?. The van der Waals surface area contributed by atoms with Crippen molar-refractivity contribution in [1.29, 1.82) is 0 Å². The van der Waals surface area contributed by atoms with E-state index in [1.165, 1.54) is 38.5 Å². The van der Waals surface area contributed by atoms with Crippen molar-refractivity contribution in [2.24, 2.45) is 11.8 Å². The van der Waals surface area contributed by atoms with Gasteiger partial charge in [-0.05, 0) is 43.6 Å². The van der Waals surface area contributed by atoms with E-state index in [-0.39, 0.29) is 23.8 Å². The molecule has 0 bridgehead atoms. The summed E-state index contributed by atoms with van der Waals surface area (Å²) in [6.07, 6.45) is 12.9. The molecule has 12 heteroatoms. The van der Waals surface area contributed by atoms with Crippen molar-refractivity contribution in [3.63, 3.8) is 0 Å². The number of anilines is 1. The van der Waals surface area contributed by atoms with Gasteiger partial charge in [0.25, 0.3) is 0 Å². The van der Waals surface area contributed by atoms with Crippen LogP contribution in [0.15, 0.2) is 27.8 Å². The molecule has 5 heterocycles. The highest BCUT2D eigenvalue weighted by molar-refractivity contribution is 6.30. The highest BCUT2D eigenvalue weighted by Crippen LogP contribution is 2.38. The van der Waals surface area contributed by atoms with Crippen molar-refractivity contribution in [3.05, 3.63) is 34.0 Å². The Labute approximate surface area is 236 Å². The summed E-state index contributed by atoms with van der Waals surface area (Å²) in [6, 6.07) is 2.12. The van der Waals surface area contributed by atoms with Crippen LogP contribution in [0, 0.1) is 11.8 Å². The number of hydrogen-bond acceptors (Lipinski definition) is 9. The van der Waals surface area contributed by atoms with Gasteiger partial charge in [-0.3, -0.25) is 14.5 Å². The average molecular weight is 565 g/mol. The van der Waals surface area contributed by atoms with Crippen LogP contribution in [-0.2, 0) is 11.3 Å². The van der Waals surface area contributed by atoms with Gasteiger partial charge in [0.2, 0.25) is 17.6 Å². The van der Waals surface area contributed by atoms with E-state index >= 15 is 0 Å². The number of halogens is 1. The Morgan fingerprint density at radius 3 is 2.73 bits per heavy atom. The molecule has 7 rings (SSSR count). The van der Waals surface area contributed by atoms with E-state index in [2.05, 4.69) is 31.5 Å². The Balaban J connectivity index is 1.44. The average Bonchev–Trinajstić information content (AvgIpc) is 3.57. The van der Waals surface area contributed by atoms with Gasteiger partial charge in [0.15, 0.2) is 5.65 Å². The number of fused-ring (bicyclic) bond motifs is 2. The quantitative estimate of drug-likeness (QED) is 0.361. The molecule has 3 fully saturated rings. The molecule has 2 aliphatic carbocycles. The Morgan fingerprint density at radius 1 is 1.07 bits per heavy atom. The molecule has 40 heavy (non-hydrogen) atoms. The summed E-state index contributed by atoms with van der Waals surface area (Å²) in [5, 5.41) is 4.35. The molecule has 11 nitrogen and oxygen atoms in total. The number of H-pyrrole nitrogens is 1. The van der Waals surface area contributed by atoms with Gasteiger partial charge in [0.1, 0.15) is 11.2 Å². The second kappa shape index (κ2) is 10.6. The second-order valence-electron chi connectivity index (χ2n) is 11.5. The summed E-state index contributed by atoms with van der Waals surface area (Å²) < 4.78 is 13.3. The molecule has 0 radical (unpaired) electrons. The Morgan fingerprint density at radius 2 is 1.93 bits per heavy atom. The van der Waals surface area contributed by atoms with Gasteiger partial charge in [0.05, 0.1) is 23.8 Å². The molecule has 2 saturated carbocycles. The number of aromatic nitrogens is 7. The fraction of sp³-hybridized carbons (Fsp3) is 0.571. The summed E-state index contributed by atoms with van der Waals surface area (Å²) in [6.45, 7) is 4.63. The van der Waals surface area contributed by atoms with Crippen LogP contribution in [0.2, 0.25) is 5.02 Å². The molecule has 3 aliphatic rings. The number of nitrogens with one attached hydrogen (secondary N) is 1. The molecule has 4 aromatic rings. The zero-order valence-corrected chi connectivity index (χ0v) is 23.3. The molecule has 1 saturated heterocycles. The summed E-state index contributed by atoms with van der Waals surface area (Å²) in [4.78, 5) is 36.0. The lowest BCUT2D eigenvalue weighted by atomic mass is 9.83. The van der Waals surface area contributed by atoms with Crippen molar-refractivity contribution in [2.75, 3.05) is 18.1 Å². The third-order valence-corrected chi connectivity index (χ3v) is 8.99. The number of morpholine rings is 1. The van der Waals surface area contributed by atoms with Crippen LogP contribution in [0.25, 0.3) is 34.1 Å². The van der Waals surface area contributed by atoms with Crippen molar-refractivity contribution >= 4 is 28.7 Å². The van der Waals surface area contributed by atoms with E-state index in [4.69, 9.17) is 35.8 Å². The second-order valence-corrected chi connectivity index (χ2v) is 11.9. The highest BCUT2D eigenvalue weighted by Gasteiger charge is 2.37. The van der Waals surface area contributed by atoms with E-state index in [1.54, 1.807) is 12.4 Å². The number of pyridine rings is 1. The maximum absolute atomic E-state index is 11.8. The smallest absolute Gasteiger partial charge is 0.374 e. The van der Waals surface area contributed by atoms with Crippen LogP contribution in [0.5, 0.6) is 0 Å². The first-order valence-electron chi connectivity index (χ1n) is 14.4. The summed E-state index contributed by atoms with van der Waals surface area (Å²) in [5.74, 6) is 1.92. The van der Waals surface area contributed by atoms with Crippen molar-refractivity contribution in [3.8, 4) is 22.9 Å². The first-order chi connectivity index (χ1) is 19.5. The van der Waals surface area contributed by atoms with E-state index in [0.717, 1.165) is 48.9 Å². The number of nitrogens with zero attached hydrogens (tertiary/aromatic N) is 7. The van der Waals surface area contributed by atoms with Crippen LogP contribution in [0.3, 0.4) is 0 Å². The molecule has 0 aromatic carbocycles. The Kier molecular flexibility index (Phi) is 6.79. The SMILES string of the molecule is C[C@H]1CC[C@H](Cn2c(N3CCOC4CCCCC43)nc3nc(-c4noc(=O)[nH]4)nc(-c4cncc(Cl)c4)c32)CC1. The van der Waals surface area contributed by atoms with E-state index in [1.807, 2.05) is 6.07 Å². The Bertz CT molecular complexity index is 1570. The third kappa shape index (κ3) is 4.79. The van der Waals surface area contributed by atoms with Crippen molar-refractivity contribution in [2.45, 2.75) is 77.0 Å². The number of imidazole rings is 1. The summed E-state index contributed by atoms with van der Waals surface area (Å²) >= 11 is 6.39. The molecule has 210 valence electrons. The first-order valence-corrected chi connectivity index (χ1v) is 14.7. The van der Waals surface area contributed by atoms with Gasteiger partial charge in [-0.25, -0.2) is 14.8 Å². The molecule has 0 amide bonds. The normalized spacial score (nSPS) is 25.3. The number of ether oxygens (including phenoxy) is 1. The van der Waals surface area contributed by atoms with Crippen LogP contribution >= 0.6 is 11.6 Å². The monoisotopic (exact) mass is 564 g/mol. The summed E-state index contributed by atoms with van der Waals surface area (Å²) in [5.41, 5.74) is 2.78. The summed E-state index contributed by atoms with van der Waals surface area (Å²) in [7, 11) is 0. The lowest BCUT2D eigenvalue weighted by Gasteiger charge is -2.44. The number of hydrogen-bond donors (Lipinski definition) is 1. The minimum Gasteiger partial charge on any atom is -0.374 e. The van der Waals surface area contributed by atoms with Gasteiger partial charge in [-0.1, -0.05) is 49.4 Å². The molecule has 1 N–H and O–H groups in total. The predicted octanol–water partition coefficient (Wildman–Crippen LogP) is 4.86. The zero-order valence-electron chi connectivity index (χ0n) is 22.6. The van der Waals surface area contributed by atoms with Gasteiger partial charge >= 0.3 is 5.76 Å². The van der Waals surface area contributed by atoms with E-state index in [0.29, 0.717) is 28.9 Å². The lowest BCUT2D eigenvalue weighted by Crippen LogP contribution is -2.53. The fourth-order valence-electron chi connectivity index (χ4n) is 6.71. The zero-order chi connectivity index (χ0) is 27.2. The molecule has 2 atom stereocenters. The maximum Gasteiger partial charge on any atom is 0.439 e. The molecule has 2 unspecified atom stereocenters. The van der Waals surface area contributed by atoms with Crippen LogP contribution < -0.4 is 10.7 Å². The molecule has 4 aromatic heterocycles. The maximum atomic E-state index is 11.8. The molecular formula is C28H33ClN8O3.